The Morgan fingerprint density at radius 3 is 2.67 bits per heavy atom. The Balaban J connectivity index is 1.60. The first-order valence-electron chi connectivity index (χ1n) is 7.74. The molecule has 0 aliphatic heterocycles. The molecule has 0 unspecified atom stereocenters. The Labute approximate surface area is 168 Å². The van der Waals surface area contributed by atoms with E-state index in [1.807, 2.05) is 0 Å². The fourth-order valence-corrected chi connectivity index (χ4v) is 3.27. The van der Waals surface area contributed by atoms with Crippen LogP contribution in [0.3, 0.4) is 0 Å². The van der Waals surface area contributed by atoms with Gasteiger partial charge in [0.05, 0.1) is 10.8 Å². The molecule has 0 aliphatic carbocycles. The first kappa shape index (κ1) is 19.5. The number of halogens is 3. The number of thioether (sulfide) groups is 1. The number of carbonyl (C=O) groups excluding carboxylic acids is 1. The van der Waals surface area contributed by atoms with Crippen LogP contribution >= 0.6 is 35.0 Å². The van der Waals surface area contributed by atoms with Crippen LogP contribution in [-0.2, 0) is 11.3 Å². The van der Waals surface area contributed by atoms with Crippen molar-refractivity contribution in [1.29, 1.82) is 0 Å². The van der Waals surface area contributed by atoms with E-state index < -0.39 is 0 Å². The molecule has 0 atom stereocenters. The highest BCUT2D eigenvalue weighted by Crippen LogP contribution is 2.30. The second-order valence-electron chi connectivity index (χ2n) is 5.49. The lowest BCUT2D eigenvalue weighted by Gasteiger charge is -2.07. The second-order valence-corrected chi connectivity index (χ2v) is 7.28. The van der Waals surface area contributed by atoms with Crippen molar-refractivity contribution in [3.8, 4) is 11.4 Å². The largest absolute Gasteiger partial charge is 0.351 e. The molecular weight excluding hydrogens is 412 g/mol. The van der Waals surface area contributed by atoms with E-state index in [0.29, 0.717) is 33.1 Å². The number of aromatic nitrogens is 3. The van der Waals surface area contributed by atoms with Crippen molar-refractivity contribution >= 4 is 40.9 Å². The van der Waals surface area contributed by atoms with Crippen molar-refractivity contribution < 1.29 is 9.18 Å². The number of amides is 1. The lowest BCUT2D eigenvalue weighted by atomic mass is 10.2. The molecule has 2 aromatic carbocycles. The fraction of sp³-hybridized carbons (Fsp3) is 0.118. The molecule has 0 saturated heterocycles. The van der Waals surface area contributed by atoms with E-state index in [0.717, 1.165) is 17.3 Å². The Hall–Kier alpha value is -2.29. The van der Waals surface area contributed by atoms with Crippen molar-refractivity contribution in [2.75, 3.05) is 11.6 Å². The van der Waals surface area contributed by atoms with Crippen molar-refractivity contribution in [3.05, 3.63) is 63.9 Å². The van der Waals surface area contributed by atoms with Crippen LogP contribution in [0.25, 0.3) is 11.4 Å². The van der Waals surface area contributed by atoms with E-state index in [2.05, 4.69) is 15.5 Å². The Kier molecular flexibility index (Phi) is 6.20. The van der Waals surface area contributed by atoms with Gasteiger partial charge in [-0.05, 0) is 35.9 Å². The van der Waals surface area contributed by atoms with Crippen LogP contribution in [0.1, 0.15) is 5.56 Å². The number of hydrogen-bond donors (Lipinski definition) is 2. The zero-order valence-corrected chi connectivity index (χ0v) is 16.2. The molecule has 0 aliphatic rings. The van der Waals surface area contributed by atoms with Crippen LogP contribution in [0.5, 0.6) is 0 Å². The van der Waals surface area contributed by atoms with Gasteiger partial charge < -0.3 is 11.2 Å². The Morgan fingerprint density at radius 2 is 1.93 bits per heavy atom. The summed E-state index contributed by atoms with van der Waals surface area (Å²) in [5, 5.41) is 12.0. The van der Waals surface area contributed by atoms with Crippen LogP contribution in [0, 0.1) is 5.82 Å². The van der Waals surface area contributed by atoms with E-state index in [1.54, 1.807) is 30.3 Å². The first-order valence-corrected chi connectivity index (χ1v) is 9.48. The molecule has 1 aromatic heterocycles. The number of nitrogen functional groups attached to an aromatic ring is 1. The topological polar surface area (TPSA) is 85.8 Å². The number of carbonyl (C=O) groups is 1. The van der Waals surface area contributed by atoms with Crippen LogP contribution in [-0.4, -0.2) is 26.5 Å². The minimum absolute atomic E-state index is 0.0970. The summed E-state index contributed by atoms with van der Waals surface area (Å²) in [5.74, 6) is 5.93. The zero-order chi connectivity index (χ0) is 19.4. The third kappa shape index (κ3) is 4.91. The van der Waals surface area contributed by atoms with Gasteiger partial charge in [-0.1, -0.05) is 47.1 Å². The average molecular weight is 426 g/mol. The highest BCUT2D eigenvalue weighted by molar-refractivity contribution is 7.99. The smallest absolute Gasteiger partial charge is 0.230 e. The number of hydrogen-bond acceptors (Lipinski definition) is 5. The minimum atomic E-state index is -0.321. The molecule has 1 amide bonds. The number of nitrogens with one attached hydrogen (secondary N) is 1. The number of nitrogens with two attached hydrogens (primary N) is 1. The second kappa shape index (κ2) is 8.60. The summed E-state index contributed by atoms with van der Waals surface area (Å²) in [7, 11) is 0. The molecule has 0 bridgehead atoms. The highest BCUT2D eigenvalue weighted by Gasteiger charge is 2.16. The van der Waals surface area contributed by atoms with Gasteiger partial charge in [0.25, 0.3) is 0 Å². The molecule has 0 radical (unpaired) electrons. The van der Waals surface area contributed by atoms with Gasteiger partial charge in [-0.25, -0.2) is 9.07 Å². The number of benzene rings is 2. The van der Waals surface area contributed by atoms with Gasteiger partial charge in [0.15, 0.2) is 5.82 Å². The standard InChI is InChI=1S/C17H14Cl2FN5OS/c18-11-3-6-14(19)13(7-11)16-23-24-17(25(16)21)27-9-15(26)22-8-10-1-4-12(20)5-2-10/h1-7H,8-9,21H2,(H,22,26). The molecule has 140 valence electrons. The molecule has 3 rings (SSSR count). The average Bonchev–Trinajstić information content (AvgIpc) is 3.02. The van der Waals surface area contributed by atoms with E-state index in [9.17, 15) is 9.18 Å². The molecular formula is C17H14Cl2FN5OS. The Morgan fingerprint density at radius 1 is 1.19 bits per heavy atom. The lowest BCUT2D eigenvalue weighted by molar-refractivity contribution is -0.118. The molecule has 3 N–H and O–H groups in total. The van der Waals surface area contributed by atoms with Gasteiger partial charge in [0.2, 0.25) is 11.1 Å². The Bertz CT molecular complexity index is 964. The van der Waals surface area contributed by atoms with Gasteiger partial charge in [0.1, 0.15) is 5.82 Å². The summed E-state index contributed by atoms with van der Waals surface area (Å²) in [5.41, 5.74) is 1.35. The third-order valence-electron chi connectivity index (χ3n) is 3.57. The van der Waals surface area contributed by atoms with Crippen LogP contribution in [0.2, 0.25) is 10.0 Å². The van der Waals surface area contributed by atoms with Crippen molar-refractivity contribution in [1.82, 2.24) is 20.2 Å². The number of rotatable bonds is 6. The maximum atomic E-state index is 12.9. The van der Waals surface area contributed by atoms with Crippen LogP contribution in [0.4, 0.5) is 4.39 Å². The van der Waals surface area contributed by atoms with Gasteiger partial charge in [-0.15, -0.1) is 10.2 Å². The van der Waals surface area contributed by atoms with E-state index in [4.69, 9.17) is 29.0 Å². The van der Waals surface area contributed by atoms with Gasteiger partial charge in [-0.2, -0.15) is 0 Å². The summed E-state index contributed by atoms with van der Waals surface area (Å²) >= 11 is 13.3. The quantitative estimate of drug-likeness (QED) is 0.466. The van der Waals surface area contributed by atoms with Gasteiger partial charge in [-0.3, -0.25) is 4.79 Å². The van der Waals surface area contributed by atoms with Gasteiger partial charge in [0, 0.05) is 17.1 Å². The predicted octanol–water partition coefficient (Wildman–Crippen LogP) is 3.51. The minimum Gasteiger partial charge on any atom is -0.351 e. The van der Waals surface area contributed by atoms with Crippen LogP contribution in [0.15, 0.2) is 47.6 Å². The molecule has 0 fully saturated rings. The molecule has 0 saturated carbocycles. The summed E-state index contributed by atoms with van der Waals surface area (Å²) in [4.78, 5) is 12.0. The predicted molar refractivity (Wildman–Crippen MR) is 105 cm³/mol. The highest BCUT2D eigenvalue weighted by atomic mass is 35.5. The summed E-state index contributed by atoms with van der Waals surface area (Å²) < 4.78 is 14.1. The van der Waals surface area contributed by atoms with E-state index in [1.165, 1.54) is 16.8 Å². The molecule has 27 heavy (non-hydrogen) atoms. The third-order valence-corrected chi connectivity index (χ3v) is 5.08. The summed E-state index contributed by atoms with van der Waals surface area (Å²) in [6.45, 7) is 0.304. The molecule has 3 aromatic rings. The van der Waals surface area contributed by atoms with Crippen molar-refractivity contribution in [2.24, 2.45) is 0 Å². The normalized spacial score (nSPS) is 10.8. The fourth-order valence-electron chi connectivity index (χ4n) is 2.21. The number of nitrogens with zero attached hydrogens (tertiary/aromatic N) is 3. The van der Waals surface area contributed by atoms with Crippen LogP contribution < -0.4 is 11.2 Å². The molecule has 0 spiro atoms. The van der Waals surface area contributed by atoms with Crippen molar-refractivity contribution in [3.63, 3.8) is 0 Å². The van der Waals surface area contributed by atoms with E-state index >= 15 is 0 Å². The zero-order valence-electron chi connectivity index (χ0n) is 13.8. The summed E-state index contributed by atoms with van der Waals surface area (Å²) in [6.07, 6.45) is 0. The molecule has 10 heteroatoms. The van der Waals surface area contributed by atoms with Crippen molar-refractivity contribution in [2.45, 2.75) is 11.7 Å². The van der Waals surface area contributed by atoms with E-state index in [-0.39, 0.29) is 17.5 Å². The summed E-state index contributed by atoms with van der Waals surface area (Å²) in [6, 6.07) is 10.8. The monoisotopic (exact) mass is 425 g/mol. The molecule has 6 nitrogen and oxygen atoms in total. The SMILES string of the molecule is Nn1c(SCC(=O)NCc2ccc(F)cc2)nnc1-c1cc(Cl)ccc1Cl. The molecule has 1 heterocycles. The first-order chi connectivity index (χ1) is 12.9. The maximum absolute atomic E-state index is 12.9. The van der Waals surface area contributed by atoms with Gasteiger partial charge >= 0.3 is 0 Å². The maximum Gasteiger partial charge on any atom is 0.230 e. The lowest BCUT2D eigenvalue weighted by Crippen LogP contribution is -2.25.